The van der Waals surface area contributed by atoms with Crippen LogP contribution in [0.3, 0.4) is 0 Å². The first-order chi connectivity index (χ1) is 6.35. The van der Waals surface area contributed by atoms with E-state index in [1.807, 2.05) is 0 Å². The molecule has 0 spiro atoms. The Kier molecular flexibility index (Phi) is 4.23. The van der Waals surface area contributed by atoms with E-state index in [2.05, 4.69) is 9.47 Å². The summed E-state index contributed by atoms with van der Waals surface area (Å²) in [5, 5.41) is 9.39. The van der Waals surface area contributed by atoms with Crippen LogP contribution in [0.4, 0.5) is 0 Å². The third-order valence-corrected chi connectivity index (χ3v) is 1.54. The second-order valence-corrected chi connectivity index (χ2v) is 2.86. The number of ether oxygens (including phenoxy) is 2. The van der Waals surface area contributed by atoms with Crippen LogP contribution in [0.2, 0.25) is 0 Å². The Bertz CT molecular complexity index is 255. The van der Waals surface area contributed by atoms with Gasteiger partial charge in [0.15, 0.2) is 5.60 Å². The molecule has 0 bridgehead atoms. The van der Waals surface area contributed by atoms with Crippen LogP contribution in [0.5, 0.6) is 0 Å². The Morgan fingerprint density at radius 1 is 1.21 bits per heavy atom. The number of esters is 2. The van der Waals surface area contributed by atoms with Gasteiger partial charge in [-0.3, -0.25) is 4.79 Å². The summed E-state index contributed by atoms with van der Waals surface area (Å²) in [5.74, 6) is -3.06. The first-order valence-corrected chi connectivity index (χ1v) is 3.77. The van der Waals surface area contributed by atoms with Crippen molar-refractivity contribution in [3.05, 3.63) is 0 Å². The topological polar surface area (TPSA) is 89.9 Å². The second-order valence-electron chi connectivity index (χ2n) is 2.86. The van der Waals surface area contributed by atoms with Crippen LogP contribution in [-0.4, -0.2) is 42.6 Å². The lowest BCUT2D eigenvalue weighted by molar-refractivity contribution is -0.165. The lowest BCUT2D eigenvalue weighted by Gasteiger charge is -2.18. The van der Waals surface area contributed by atoms with Crippen molar-refractivity contribution in [1.82, 2.24) is 0 Å². The van der Waals surface area contributed by atoms with E-state index in [-0.39, 0.29) is 0 Å². The highest BCUT2D eigenvalue weighted by molar-refractivity contribution is 6.34. The fourth-order valence-corrected chi connectivity index (χ4v) is 0.791. The summed E-state index contributed by atoms with van der Waals surface area (Å²) in [6, 6.07) is 0. The zero-order chi connectivity index (χ0) is 11.4. The molecule has 0 rings (SSSR count). The van der Waals surface area contributed by atoms with Crippen molar-refractivity contribution < 1.29 is 29.0 Å². The molecular weight excluding hydrogens is 192 g/mol. The number of rotatable bonds is 4. The molecule has 0 heterocycles. The van der Waals surface area contributed by atoms with Gasteiger partial charge in [0.25, 0.3) is 0 Å². The number of aliphatic hydroxyl groups is 1. The van der Waals surface area contributed by atoms with Crippen molar-refractivity contribution in [1.29, 1.82) is 0 Å². The number of hydrogen-bond donors (Lipinski definition) is 1. The van der Waals surface area contributed by atoms with E-state index in [1.54, 1.807) is 0 Å². The van der Waals surface area contributed by atoms with Gasteiger partial charge in [0, 0.05) is 0 Å². The summed E-state index contributed by atoms with van der Waals surface area (Å²) in [5.41, 5.74) is -2.00. The molecule has 0 aliphatic heterocycles. The maximum Gasteiger partial charge on any atom is 0.374 e. The molecule has 1 N–H and O–H groups in total. The van der Waals surface area contributed by atoms with Crippen molar-refractivity contribution in [3.63, 3.8) is 0 Å². The van der Waals surface area contributed by atoms with Crippen molar-refractivity contribution in [2.75, 3.05) is 14.2 Å². The van der Waals surface area contributed by atoms with Crippen molar-refractivity contribution in [3.8, 4) is 0 Å². The quantitative estimate of drug-likeness (QED) is 0.468. The largest absolute Gasteiger partial charge is 0.467 e. The molecular formula is C8H12O6. The van der Waals surface area contributed by atoms with Gasteiger partial charge in [-0.2, -0.15) is 0 Å². The molecule has 6 nitrogen and oxygen atoms in total. The molecule has 0 radical (unpaired) electrons. The molecule has 80 valence electrons. The number of carbonyl (C=O) groups is 3. The minimum Gasteiger partial charge on any atom is -0.467 e. The number of ketones is 1. The Labute approximate surface area is 80.8 Å². The fraction of sp³-hybridized carbons (Fsp3) is 0.625. The monoisotopic (exact) mass is 204 g/mol. The first kappa shape index (κ1) is 12.6. The predicted molar refractivity (Wildman–Crippen MR) is 44.3 cm³/mol. The minimum atomic E-state index is -2.00. The van der Waals surface area contributed by atoms with E-state index in [1.165, 1.54) is 0 Å². The van der Waals surface area contributed by atoms with Gasteiger partial charge in [0.1, 0.15) is 0 Å². The SMILES string of the molecule is COC(=O)C(=O)CC(C)(O)C(=O)OC. The first-order valence-electron chi connectivity index (χ1n) is 3.77. The Morgan fingerprint density at radius 3 is 2.07 bits per heavy atom. The number of methoxy groups -OCH3 is 2. The van der Waals surface area contributed by atoms with Crippen LogP contribution >= 0.6 is 0 Å². The van der Waals surface area contributed by atoms with Crippen LogP contribution in [0.15, 0.2) is 0 Å². The lowest BCUT2D eigenvalue weighted by Crippen LogP contribution is -2.40. The highest BCUT2D eigenvalue weighted by atomic mass is 16.5. The van der Waals surface area contributed by atoms with Crippen LogP contribution in [0.1, 0.15) is 13.3 Å². The van der Waals surface area contributed by atoms with E-state index >= 15 is 0 Å². The third kappa shape index (κ3) is 3.14. The molecule has 0 aliphatic rings. The van der Waals surface area contributed by atoms with E-state index in [9.17, 15) is 19.5 Å². The highest BCUT2D eigenvalue weighted by Gasteiger charge is 2.36. The molecule has 0 saturated heterocycles. The standard InChI is InChI=1S/C8H12O6/c1-8(12,7(11)14-3)4-5(9)6(10)13-2/h12H,4H2,1-3H3. The van der Waals surface area contributed by atoms with Crippen LogP contribution < -0.4 is 0 Å². The zero-order valence-corrected chi connectivity index (χ0v) is 8.20. The van der Waals surface area contributed by atoms with Gasteiger partial charge in [0.2, 0.25) is 5.78 Å². The Hall–Kier alpha value is -1.43. The summed E-state index contributed by atoms with van der Waals surface area (Å²) in [7, 11) is 2.10. The molecule has 0 amide bonds. The van der Waals surface area contributed by atoms with Crippen LogP contribution in [0.25, 0.3) is 0 Å². The van der Waals surface area contributed by atoms with Gasteiger partial charge in [0.05, 0.1) is 20.6 Å². The third-order valence-electron chi connectivity index (χ3n) is 1.54. The molecule has 0 aromatic heterocycles. The van der Waals surface area contributed by atoms with E-state index in [0.29, 0.717) is 0 Å². The zero-order valence-electron chi connectivity index (χ0n) is 8.20. The maximum absolute atomic E-state index is 11.0. The molecule has 14 heavy (non-hydrogen) atoms. The molecule has 6 heteroatoms. The van der Waals surface area contributed by atoms with Gasteiger partial charge in [-0.15, -0.1) is 0 Å². The summed E-state index contributed by atoms with van der Waals surface area (Å²) in [6.45, 7) is 1.08. The van der Waals surface area contributed by atoms with E-state index in [4.69, 9.17) is 0 Å². The van der Waals surface area contributed by atoms with Crippen LogP contribution in [-0.2, 0) is 23.9 Å². The van der Waals surface area contributed by atoms with E-state index < -0.39 is 29.7 Å². The normalized spacial score (nSPS) is 14.0. The fourth-order valence-electron chi connectivity index (χ4n) is 0.791. The van der Waals surface area contributed by atoms with Gasteiger partial charge in [-0.1, -0.05) is 0 Å². The van der Waals surface area contributed by atoms with Gasteiger partial charge >= 0.3 is 11.9 Å². The van der Waals surface area contributed by atoms with Crippen molar-refractivity contribution in [2.24, 2.45) is 0 Å². The molecule has 1 unspecified atom stereocenters. The second kappa shape index (κ2) is 4.71. The van der Waals surface area contributed by atoms with Gasteiger partial charge in [-0.05, 0) is 6.92 Å². The summed E-state index contributed by atoms with van der Waals surface area (Å²) < 4.78 is 8.36. The average molecular weight is 204 g/mol. The summed E-state index contributed by atoms with van der Waals surface area (Å²) in [6.07, 6.45) is -0.660. The number of hydrogen-bond acceptors (Lipinski definition) is 6. The van der Waals surface area contributed by atoms with Crippen molar-refractivity contribution >= 4 is 17.7 Å². The summed E-state index contributed by atoms with van der Waals surface area (Å²) in [4.78, 5) is 32.5. The average Bonchev–Trinajstić information content (AvgIpc) is 2.14. The van der Waals surface area contributed by atoms with Gasteiger partial charge < -0.3 is 14.6 Å². The molecule has 0 aromatic rings. The molecule has 0 fully saturated rings. The van der Waals surface area contributed by atoms with E-state index in [0.717, 1.165) is 21.1 Å². The molecule has 0 aliphatic carbocycles. The maximum atomic E-state index is 11.0. The smallest absolute Gasteiger partial charge is 0.374 e. The molecule has 0 saturated carbocycles. The number of carbonyl (C=O) groups excluding carboxylic acids is 3. The highest BCUT2D eigenvalue weighted by Crippen LogP contribution is 2.12. The predicted octanol–water partition coefficient (Wildman–Crippen LogP) is -0.957. The Morgan fingerprint density at radius 2 is 1.71 bits per heavy atom. The Balaban J connectivity index is 4.44. The molecule has 1 atom stereocenters. The summed E-state index contributed by atoms with van der Waals surface area (Å²) >= 11 is 0. The van der Waals surface area contributed by atoms with Crippen molar-refractivity contribution in [2.45, 2.75) is 18.9 Å². The molecule has 0 aromatic carbocycles. The van der Waals surface area contributed by atoms with Gasteiger partial charge in [-0.25, -0.2) is 9.59 Å². The number of Topliss-reactive ketones (excluding diaryl/α,β-unsaturated/α-hetero) is 1. The lowest BCUT2D eigenvalue weighted by atomic mass is 10.00. The van der Waals surface area contributed by atoms with Crippen LogP contribution in [0, 0.1) is 0 Å². The minimum absolute atomic E-state index is 0.660.